The van der Waals surface area contributed by atoms with Crippen molar-refractivity contribution in [3.63, 3.8) is 0 Å². The minimum Gasteiger partial charge on any atom is -0.292 e. The van der Waals surface area contributed by atoms with Gasteiger partial charge in [-0.05, 0) is 18.2 Å². The van der Waals surface area contributed by atoms with Crippen LogP contribution in [0.15, 0.2) is 18.2 Å². The van der Waals surface area contributed by atoms with E-state index >= 15 is 0 Å². The van der Waals surface area contributed by atoms with Crippen molar-refractivity contribution in [2.45, 2.75) is 12.6 Å². The Balaban J connectivity index is 2.39. The lowest BCUT2D eigenvalue weighted by molar-refractivity contribution is -0.137. The van der Waals surface area contributed by atoms with Gasteiger partial charge in [-0.3, -0.25) is 15.0 Å². The van der Waals surface area contributed by atoms with Crippen molar-refractivity contribution in [1.82, 2.24) is 5.32 Å². The van der Waals surface area contributed by atoms with Gasteiger partial charge in [-0.25, -0.2) is 4.79 Å². The van der Waals surface area contributed by atoms with Crippen LogP contribution < -0.4 is 10.2 Å². The van der Waals surface area contributed by atoms with E-state index in [-0.39, 0.29) is 23.7 Å². The van der Waals surface area contributed by atoms with E-state index in [1.807, 2.05) is 5.32 Å². The van der Waals surface area contributed by atoms with E-state index in [4.69, 9.17) is 11.6 Å². The number of amides is 3. The van der Waals surface area contributed by atoms with Crippen molar-refractivity contribution in [2.75, 3.05) is 11.4 Å². The molecule has 1 saturated heterocycles. The molecule has 19 heavy (non-hydrogen) atoms. The predicted octanol–water partition coefficient (Wildman–Crippen LogP) is 2.81. The Morgan fingerprint density at radius 2 is 1.95 bits per heavy atom. The highest BCUT2D eigenvalue weighted by molar-refractivity contribution is 6.34. The summed E-state index contributed by atoms with van der Waals surface area (Å²) in [5.41, 5.74) is -0.974. The monoisotopic (exact) mass is 292 g/mol. The minimum atomic E-state index is -4.53. The molecule has 0 spiro atoms. The molecule has 2 rings (SSSR count). The van der Waals surface area contributed by atoms with Crippen LogP contribution in [0.25, 0.3) is 0 Å². The molecule has 1 heterocycles. The fraction of sp³-hybridized carbons (Fsp3) is 0.273. The Morgan fingerprint density at radius 3 is 2.53 bits per heavy atom. The van der Waals surface area contributed by atoms with Gasteiger partial charge in [-0.2, -0.15) is 13.2 Å². The first-order valence-corrected chi connectivity index (χ1v) is 5.65. The minimum absolute atomic E-state index is 0.00824. The number of hydrogen-bond donors (Lipinski definition) is 1. The summed E-state index contributed by atoms with van der Waals surface area (Å²) < 4.78 is 37.8. The number of imide groups is 1. The maximum Gasteiger partial charge on any atom is 0.416 e. The molecule has 1 aliphatic rings. The topological polar surface area (TPSA) is 49.4 Å². The smallest absolute Gasteiger partial charge is 0.292 e. The predicted molar refractivity (Wildman–Crippen MR) is 62.0 cm³/mol. The van der Waals surface area contributed by atoms with Crippen molar-refractivity contribution in [2.24, 2.45) is 0 Å². The molecular weight excluding hydrogens is 285 g/mol. The molecule has 1 fully saturated rings. The number of halogens is 4. The van der Waals surface area contributed by atoms with Crippen LogP contribution in [0, 0.1) is 0 Å². The largest absolute Gasteiger partial charge is 0.416 e. The lowest BCUT2D eigenvalue weighted by Gasteiger charge is -2.27. The molecule has 0 aromatic heterocycles. The second-order valence-corrected chi connectivity index (χ2v) is 4.33. The van der Waals surface area contributed by atoms with Gasteiger partial charge in [0.15, 0.2) is 0 Å². The van der Waals surface area contributed by atoms with E-state index in [2.05, 4.69) is 0 Å². The Hall–Kier alpha value is -1.76. The second-order valence-electron chi connectivity index (χ2n) is 3.92. The zero-order valence-corrected chi connectivity index (χ0v) is 10.2. The number of anilines is 1. The second kappa shape index (κ2) is 4.73. The maximum absolute atomic E-state index is 12.6. The summed E-state index contributed by atoms with van der Waals surface area (Å²) in [4.78, 5) is 23.6. The molecule has 1 aromatic rings. The first-order chi connectivity index (χ1) is 8.79. The highest BCUT2D eigenvalue weighted by Gasteiger charge is 2.33. The van der Waals surface area contributed by atoms with Crippen LogP contribution in [0.1, 0.15) is 12.0 Å². The number of hydrogen-bond acceptors (Lipinski definition) is 2. The van der Waals surface area contributed by atoms with Crippen molar-refractivity contribution in [3.05, 3.63) is 28.8 Å². The molecule has 0 radical (unpaired) electrons. The van der Waals surface area contributed by atoms with Crippen molar-refractivity contribution >= 4 is 29.2 Å². The third kappa shape index (κ3) is 2.81. The van der Waals surface area contributed by atoms with E-state index in [9.17, 15) is 22.8 Å². The van der Waals surface area contributed by atoms with Crippen molar-refractivity contribution < 1.29 is 22.8 Å². The highest BCUT2D eigenvalue weighted by atomic mass is 35.5. The van der Waals surface area contributed by atoms with Gasteiger partial charge in [0.1, 0.15) is 0 Å². The normalized spacial score (nSPS) is 16.5. The Morgan fingerprint density at radius 1 is 1.26 bits per heavy atom. The van der Waals surface area contributed by atoms with Crippen LogP contribution in [-0.4, -0.2) is 18.5 Å². The zero-order valence-electron chi connectivity index (χ0n) is 9.42. The molecule has 0 unspecified atom stereocenters. The lowest BCUT2D eigenvalue weighted by Crippen LogP contribution is -2.49. The van der Waals surface area contributed by atoms with Crippen LogP contribution in [0.4, 0.5) is 23.7 Å². The summed E-state index contributed by atoms with van der Waals surface area (Å²) in [5.74, 6) is -0.468. The quantitative estimate of drug-likeness (QED) is 0.865. The number of urea groups is 1. The van der Waals surface area contributed by atoms with Gasteiger partial charge in [0.05, 0.1) is 16.3 Å². The zero-order chi connectivity index (χ0) is 14.2. The van der Waals surface area contributed by atoms with Gasteiger partial charge in [0, 0.05) is 13.0 Å². The van der Waals surface area contributed by atoms with Gasteiger partial charge in [0.2, 0.25) is 5.91 Å². The van der Waals surface area contributed by atoms with E-state index in [1.165, 1.54) is 0 Å². The van der Waals surface area contributed by atoms with Gasteiger partial charge in [-0.1, -0.05) is 11.6 Å². The molecule has 1 aliphatic heterocycles. The summed E-state index contributed by atoms with van der Waals surface area (Å²) >= 11 is 5.81. The molecule has 4 nitrogen and oxygen atoms in total. The standard InChI is InChI=1S/C11H8ClF3N2O2/c12-7-2-1-6(11(13,14)15)5-8(7)17-4-3-9(18)16-10(17)19/h1-2,5H,3-4H2,(H,16,18,19). The Kier molecular flexibility index (Phi) is 3.40. The SMILES string of the molecule is O=C1CCN(c2cc(C(F)(F)F)ccc2Cl)C(=O)N1. The van der Waals surface area contributed by atoms with E-state index < -0.39 is 23.7 Å². The fourth-order valence-corrected chi connectivity index (χ4v) is 1.91. The average Bonchev–Trinajstić information content (AvgIpc) is 2.29. The van der Waals surface area contributed by atoms with Gasteiger partial charge < -0.3 is 0 Å². The van der Waals surface area contributed by atoms with Crippen LogP contribution in [0.3, 0.4) is 0 Å². The summed E-state index contributed by atoms with van der Waals surface area (Å²) in [5, 5.41) is 2.03. The first-order valence-electron chi connectivity index (χ1n) is 5.27. The number of nitrogens with one attached hydrogen (secondary N) is 1. The number of rotatable bonds is 1. The lowest BCUT2D eigenvalue weighted by atomic mass is 10.1. The molecule has 0 aliphatic carbocycles. The third-order valence-electron chi connectivity index (χ3n) is 2.62. The average molecular weight is 293 g/mol. The molecule has 8 heteroatoms. The van der Waals surface area contributed by atoms with Crippen LogP contribution in [0.5, 0.6) is 0 Å². The van der Waals surface area contributed by atoms with Gasteiger partial charge >= 0.3 is 12.2 Å². The van der Waals surface area contributed by atoms with Gasteiger partial charge in [0.25, 0.3) is 0 Å². The summed E-state index contributed by atoms with van der Waals surface area (Å²) in [7, 11) is 0. The van der Waals surface area contributed by atoms with E-state index in [0.29, 0.717) is 0 Å². The van der Waals surface area contributed by atoms with Crippen LogP contribution >= 0.6 is 11.6 Å². The molecule has 1 N–H and O–H groups in total. The third-order valence-corrected chi connectivity index (χ3v) is 2.94. The summed E-state index contributed by atoms with van der Waals surface area (Å²) in [6.45, 7) is -0.00824. The number of carbonyl (C=O) groups excluding carboxylic acids is 2. The molecule has 3 amide bonds. The van der Waals surface area contributed by atoms with Crippen molar-refractivity contribution in [3.8, 4) is 0 Å². The maximum atomic E-state index is 12.6. The number of alkyl halides is 3. The molecule has 0 bridgehead atoms. The fourth-order valence-electron chi connectivity index (χ4n) is 1.69. The Bertz CT molecular complexity index is 545. The summed E-state index contributed by atoms with van der Waals surface area (Å²) in [6, 6.07) is 1.91. The Labute approximate surface area is 111 Å². The molecule has 0 saturated carbocycles. The summed E-state index contributed by atoms with van der Waals surface area (Å²) in [6.07, 6.45) is -4.51. The molecule has 102 valence electrons. The van der Waals surface area contributed by atoms with Crippen molar-refractivity contribution in [1.29, 1.82) is 0 Å². The van der Waals surface area contributed by atoms with Gasteiger partial charge in [-0.15, -0.1) is 0 Å². The highest BCUT2D eigenvalue weighted by Crippen LogP contribution is 2.35. The van der Waals surface area contributed by atoms with Crippen LogP contribution in [-0.2, 0) is 11.0 Å². The molecular formula is C11H8ClF3N2O2. The first kappa shape index (κ1) is 13.7. The van der Waals surface area contributed by atoms with E-state index in [0.717, 1.165) is 23.1 Å². The number of benzene rings is 1. The molecule has 1 aromatic carbocycles. The van der Waals surface area contributed by atoms with Crippen LogP contribution in [0.2, 0.25) is 5.02 Å². The van der Waals surface area contributed by atoms with E-state index in [1.54, 1.807) is 0 Å². The number of nitrogens with zero attached hydrogens (tertiary/aromatic N) is 1. The molecule has 0 atom stereocenters. The number of carbonyl (C=O) groups is 2.